The second-order valence-electron chi connectivity index (χ2n) is 5.51. The van der Waals surface area contributed by atoms with Gasteiger partial charge in [0.1, 0.15) is 0 Å². The molecule has 0 bridgehead atoms. The molecule has 1 aromatic carbocycles. The lowest BCUT2D eigenvalue weighted by Gasteiger charge is -2.05. The molecule has 2 amide bonds. The van der Waals surface area contributed by atoms with Crippen LogP contribution in [0.5, 0.6) is 0 Å². The summed E-state index contributed by atoms with van der Waals surface area (Å²) >= 11 is 6.13. The maximum Gasteiger partial charge on any atom is 0.287 e. The topological polar surface area (TPSA) is 89.2 Å². The minimum Gasteiger partial charge on any atom is -0.459 e. The third-order valence-corrected chi connectivity index (χ3v) is 4.00. The highest BCUT2D eigenvalue weighted by molar-refractivity contribution is 6.31. The summed E-state index contributed by atoms with van der Waals surface area (Å²) < 4.78 is 6.63. The Bertz CT molecular complexity index is 889. The molecule has 0 aliphatic rings. The number of amides is 2. The normalized spacial score (nSPS) is 10.5. The summed E-state index contributed by atoms with van der Waals surface area (Å²) in [5.74, 6) is -0.350. The summed E-state index contributed by atoms with van der Waals surface area (Å²) in [6, 6.07) is 10.7. The number of carbonyl (C=O) groups excluding carboxylic acids is 2. The van der Waals surface area contributed by atoms with Gasteiger partial charge in [0, 0.05) is 24.3 Å². The first kappa shape index (κ1) is 17.8. The molecule has 2 aromatic heterocycles. The predicted molar refractivity (Wildman–Crippen MR) is 96.2 cm³/mol. The lowest BCUT2D eigenvalue weighted by Crippen LogP contribution is -2.34. The van der Waals surface area contributed by atoms with Gasteiger partial charge < -0.3 is 15.1 Å². The number of nitrogens with zero attached hydrogens (tertiary/aromatic N) is 2. The number of rotatable bonds is 7. The molecule has 0 aliphatic heterocycles. The first-order valence-corrected chi connectivity index (χ1v) is 8.37. The van der Waals surface area contributed by atoms with Crippen LogP contribution in [0.25, 0.3) is 0 Å². The molecule has 0 spiro atoms. The molecule has 3 rings (SSSR count). The summed E-state index contributed by atoms with van der Waals surface area (Å²) in [5, 5.41) is 10.2. The Hall–Kier alpha value is -3.06. The Labute approximate surface area is 154 Å². The van der Waals surface area contributed by atoms with E-state index in [0.717, 1.165) is 5.56 Å². The summed E-state index contributed by atoms with van der Waals surface area (Å²) in [7, 11) is 0. The molecule has 2 heterocycles. The zero-order valence-corrected chi connectivity index (χ0v) is 14.6. The van der Waals surface area contributed by atoms with E-state index in [9.17, 15) is 9.59 Å². The molecular formula is C18H17ClN4O3. The minimum absolute atomic E-state index is 0.233. The van der Waals surface area contributed by atoms with Crippen LogP contribution in [0.4, 0.5) is 0 Å². The van der Waals surface area contributed by atoms with Gasteiger partial charge in [0.2, 0.25) is 0 Å². The Morgan fingerprint density at radius 2 is 1.85 bits per heavy atom. The number of aromatic nitrogens is 2. The van der Waals surface area contributed by atoms with Crippen molar-refractivity contribution in [2.45, 2.75) is 6.54 Å². The van der Waals surface area contributed by atoms with Gasteiger partial charge in [-0.05, 0) is 23.8 Å². The minimum atomic E-state index is -0.322. The van der Waals surface area contributed by atoms with E-state index in [1.807, 2.05) is 24.3 Å². The summed E-state index contributed by atoms with van der Waals surface area (Å²) in [6.45, 7) is 1.06. The van der Waals surface area contributed by atoms with Crippen molar-refractivity contribution in [1.29, 1.82) is 0 Å². The fourth-order valence-electron chi connectivity index (χ4n) is 2.32. The second-order valence-corrected chi connectivity index (χ2v) is 5.91. The number of furan rings is 1. The van der Waals surface area contributed by atoms with E-state index in [0.29, 0.717) is 30.2 Å². The van der Waals surface area contributed by atoms with Gasteiger partial charge in [-0.25, -0.2) is 0 Å². The predicted octanol–water partition coefficient (Wildman–Crippen LogP) is 2.34. The van der Waals surface area contributed by atoms with E-state index >= 15 is 0 Å². The molecule has 0 radical (unpaired) electrons. The van der Waals surface area contributed by atoms with E-state index in [4.69, 9.17) is 16.0 Å². The molecule has 134 valence electrons. The van der Waals surface area contributed by atoms with Gasteiger partial charge in [-0.2, -0.15) is 5.10 Å². The highest BCUT2D eigenvalue weighted by Gasteiger charge is 2.10. The van der Waals surface area contributed by atoms with Crippen molar-refractivity contribution in [2.24, 2.45) is 0 Å². The number of nitrogens with one attached hydrogen (secondary N) is 2. The molecule has 0 fully saturated rings. The van der Waals surface area contributed by atoms with Gasteiger partial charge in [0.05, 0.1) is 24.6 Å². The Morgan fingerprint density at radius 3 is 2.58 bits per heavy atom. The van der Waals surface area contributed by atoms with Gasteiger partial charge in [0.15, 0.2) is 5.76 Å². The van der Waals surface area contributed by atoms with Gasteiger partial charge >= 0.3 is 0 Å². The smallest absolute Gasteiger partial charge is 0.287 e. The average Bonchev–Trinajstić information content (AvgIpc) is 3.32. The maximum absolute atomic E-state index is 12.1. The van der Waals surface area contributed by atoms with Crippen molar-refractivity contribution < 1.29 is 14.0 Å². The highest BCUT2D eigenvalue weighted by Crippen LogP contribution is 2.16. The van der Waals surface area contributed by atoms with Crippen LogP contribution in [0.15, 0.2) is 59.5 Å². The fourth-order valence-corrected chi connectivity index (χ4v) is 2.51. The summed E-state index contributed by atoms with van der Waals surface area (Å²) in [5.41, 5.74) is 1.36. The SMILES string of the molecule is O=C(NCCNC(=O)c1ccco1)c1cnn(Cc2ccccc2Cl)c1. The van der Waals surface area contributed by atoms with E-state index in [-0.39, 0.29) is 17.6 Å². The third kappa shape index (κ3) is 4.52. The van der Waals surface area contributed by atoms with Gasteiger partial charge in [-0.15, -0.1) is 0 Å². The number of halogens is 1. The van der Waals surface area contributed by atoms with Crippen LogP contribution in [0.3, 0.4) is 0 Å². The summed E-state index contributed by atoms with van der Waals surface area (Å²) in [4.78, 5) is 23.8. The third-order valence-electron chi connectivity index (χ3n) is 3.63. The lowest BCUT2D eigenvalue weighted by atomic mass is 10.2. The molecule has 8 heteroatoms. The van der Waals surface area contributed by atoms with E-state index in [2.05, 4.69) is 15.7 Å². The van der Waals surface area contributed by atoms with Gasteiger partial charge in [-0.1, -0.05) is 29.8 Å². The molecule has 0 saturated carbocycles. The average molecular weight is 373 g/mol. The molecule has 0 saturated heterocycles. The van der Waals surface area contributed by atoms with Crippen molar-refractivity contribution in [3.8, 4) is 0 Å². The molecule has 26 heavy (non-hydrogen) atoms. The number of benzene rings is 1. The van der Waals surface area contributed by atoms with Crippen LogP contribution >= 0.6 is 11.6 Å². The largest absolute Gasteiger partial charge is 0.459 e. The molecule has 0 unspecified atom stereocenters. The number of carbonyl (C=O) groups is 2. The Morgan fingerprint density at radius 1 is 1.08 bits per heavy atom. The quantitative estimate of drug-likeness (QED) is 0.623. The van der Waals surface area contributed by atoms with Crippen molar-refractivity contribution in [1.82, 2.24) is 20.4 Å². The first-order chi connectivity index (χ1) is 12.6. The maximum atomic E-state index is 12.1. The Balaban J connectivity index is 1.46. The van der Waals surface area contributed by atoms with Crippen molar-refractivity contribution in [3.63, 3.8) is 0 Å². The van der Waals surface area contributed by atoms with E-state index < -0.39 is 0 Å². The Kier molecular flexibility index (Phi) is 5.70. The highest BCUT2D eigenvalue weighted by atomic mass is 35.5. The molecular weight excluding hydrogens is 356 g/mol. The van der Waals surface area contributed by atoms with Crippen LogP contribution < -0.4 is 10.6 Å². The fraction of sp³-hybridized carbons (Fsp3) is 0.167. The molecule has 0 atom stereocenters. The van der Waals surface area contributed by atoms with Gasteiger partial charge in [0.25, 0.3) is 11.8 Å². The van der Waals surface area contributed by atoms with E-state index in [1.54, 1.807) is 23.0 Å². The zero-order chi connectivity index (χ0) is 18.4. The van der Waals surface area contributed by atoms with Crippen molar-refractivity contribution >= 4 is 23.4 Å². The first-order valence-electron chi connectivity index (χ1n) is 7.99. The molecule has 7 nitrogen and oxygen atoms in total. The van der Waals surface area contributed by atoms with Crippen LogP contribution in [0, 0.1) is 0 Å². The van der Waals surface area contributed by atoms with Crippen molar-refractivity contribution in [2.75, 3.05) is 13.1 Å². The number of hydrogen-bond donors (Lipinski definition) is 2. The summed E-state index contributed by atoms with van der Waals surface area (Å²) in [6.07, 6.45) is 4.57. The second kappa shape index (κ2) is 8.35. The number of hydrogen-bond acceptors (Lipinski definition) is 4. The van der Waals surface area contributed by atoms with Crippen molar-refractivity contribution in [3.05, 3.63) is 77.0 Å². The van der Waals surface area contributed by atoms with Crippen LogP contribution in [0.1, 0.15) is 26.5 Å². The molecule has 3 aromatic rings. The van der Waals surface area contributed by atoms with E-state index in [1.165, 1.54) is 12.5 Å². The monoisotopic (exact) mass is 372 g/mol. The zero-order valence-electron chi connectivity index (χ0n) is 13.8. The standard InChI is InChI=1S/C18H17ClN4O3/c19-15-5-2-1-4-13(15)11-23-12-14(10-22-23)17(24)20-7-8-21-18(25)16-6-3-9-26-16/h1-6,9-10,12H,7-8,11H2,(H,20,24)(H,21,25). The molecule has 2 N–H and O–H groups in total. The lowest BCUT2D eigenvalue weighted by molar-refractivity contribution is 0.0910. The van der Waals surface area contributed by atoms with Gasteiger partial charge in [-0.3, -0.25) is 14.3 Å². The molecule has 0 aliphatic carbocycles. The van der Waals surface area contributed by atoms with Crippen LogP contribution in [-0.4, -0.2) is 34.7 Å². The van der Waals surface area contributed by atoms with Crippen LogP contribution in [0.2, 0.25) is 5.02 Å². The van der Waals surface area contributed by atoms with Crippen LogP contribution in [-0.2, 0) is 6.54 Å².